The summed E-state index contributed by atoms with van der Waals surface area (Å²) in [5.41, 5.74) is 1.20. The molecule has 2 aliphatic rings. The third-order valence-corrected chi connectivity index (χ3v) is 4.25. The minimum Gasteiger partial charge on any atom is -0.495 e. The van der Waals surface area contributed by atoms with Crippen LogP contribution in [0, 0.1) is 5.92 Å². The van der Waals surface area contributed by atoms with Crippen LogP contribution in [0.1, 0.15) is 12.8 Å². The standard InChI is InChI=1S/C13H19N3O.C4H4O4/c1-14-6-10-3-9-4-13(9)16(10)11-5-12(17-2)8-15-7-11;5-3(6)1-2-4(7)8/h5,7-10,13-14H,3-4,6H2,1-2H3;1-2H,(H,5,6)(H,7,8). The fourth-order valence-electron chi connectivity index (χ4n) is 3.18. The minimum absolute atomic E-state index is 0.558. The summed E-state index contributed by atoms with van der Waals surface area (Å²) < 4.78 is 5.25. The van der Waals surface area contributed by atoms with Crippen LogP contribution in [0.4, 0.5) is 5.69 Å². The van der Waals surface area contributed by atoms with Gasteiger partial charge in [0, 0.05) is 36.8 Å². The monoisotopic (exact) mass is 349 g/mol. The second-order valence-corrected chi connectivity index (χ2v) is 6.01. The van der Waals surface area contributed by atoms with Crippen LogP contribution in [0.5, 0.6) is 5.75 Å². The van der Waals surface area contributed by atoms with Gasteiger partial charge in [-0.1, -0.05) is 0 Å². The number of piperidine rings is 1. The molecule has 0 aromatic carbocycles. The number of ether oxygens (including phenoxy) is 1. The number of hydrogen-bond acceptors (Lipinski definition) is 6. The first-order chi connectivity index (χ1) is 12.0. The largest absolute Gasteiger partial charge is 0.495 e. The molecule has 3 rings (SSSR count). The molecule has 8 heteroatoms. The van der Waals surface area contributed by atoms with Gasteiger partial charge in [0.25, 0.3) is 0 Å². The average molecular weight is 349 g/mol. The first-order valence-electron chi connectivity index (χ1n) is 8.02. The molecule has 1 aliphatic heterocycles. The Morgan fingerprint density at radius 3 is 2.56 bits per heavy atom. The molecule has 3 N–H and O–H groups in total. The fourth-order valence-corrected chi connectivity index (χ4v) is 3.18. The quantitative estimate of drug-likeness (QED) is 0.652. The van der Waals surface area contributed by atoms with Crippen LogP contribution in [0.25, 0.3) is 0 Å². The van der Waals surface area contributed by atoms with E-state index in [9.17, 15) is 9.59 Å². The maximum Gasteiger partial charge on any atom is 0.328 e. The Bertz CT molecular complexity index is 633. The van der Waals surface area contributed by atoms with Gasteiger partial charge in [0.05, 0.1) is 25.2 Å². The van der Waals surface area contributed by atoms with E-state index in [-0.39, 0.29) is 0 Å². The van der Waals surface area contributed by atoms with Crippen molar-refractivity contribution in [3.05, 3.63) is 30.6 Å². The molecular weight excluding hydrogens is 326 g/mol. The third kappa shape index (κ3) is 5.18. The molecule has 1 aromatic rings. The van der Waals surface area contributed by atoms with E-state index in [1.165, 1.54) is 18.5 Å². The van der Waals surface area contributed by atoms with Gasteiger partial charge in [-0.05, 0) is 25.8 Å². The van der Waals surface area contributed by atoms with Gasteiger partial charge in [-0.2, -0.15) is 0 Å². The van der Waals surface area contributed by atoms with E-state index in [4.69, 9.17) is 14.9 Å². The lowest BCUT2D eigenvalue weighted by molar-refractivity contribution is -0.134. The Labute approximate surface area is 146 Å². The lowest BCUT2D eigenvalue weighted by Crippen LogP contribution is -2.39. The van der Waals surface area contributed by atoms with E-state index in [0.29, 0.717) is 18.2 Å². The molecule has 0 radical (unpaired) electrons. The van der Waals surface area contributed by atoms with Crippen LogP contribution in [0.2, 0.25) is 0 Å². The van der Waals surface area contributed by atoms with Crippen LogP contribution >= 0.6 is 0 Å². The molecule has 0 spiro atoms. The number of fused-ring (bicyclic) bond motifs is 1. The first kappa shape index (κ1) is 18.7. The molecule has 8 nitrogen and oxygen atoms in total. The van der Waals surface area contributed by atoms with Crippen molar-refractivity contribution in [3.8, 4) is 5.75 Å². The Balaban J connectivity index is 0.000000242. The van der Waals surface area contributed by atoms with E-state index in [1.807, 2.05) is 13.2 Å². The lowest BCUT2D eigenvalue weighted by atomic mass is 10.1. The molecule has 1 saturated heterocycles. The molecule has 3 atom stereocenters. The minimum atomic E-state index is -1.26. The number of pyridine rings is 1. The molecule has 3 unspecified atom stereocenters. The van der Waals surface area contributed by atoms with E-state index < -0.39 is 11.9 Å². The summed E-state index contributed by atoms with van der Waals surface area (Å²) in [5.74, 6) is -0.769. The number of nitrogens with one attached hydrogen (secondary N) is 1. The molecule has 1 aliphatic carbocycles. The van der Waals surface area contributed by atoms with E-state index >= 15 is 0 Å². The smallest absolute Gasteiger partial charge is 0.328 e. The fraction of sp³-hybridized carbons (Fsp3) is 0.471. The Morgan fingerprint density at radius 2 is 2.00 bits per heavy atom. The summed E-state index contributed by atoms with van der Waals surface area (Å²) in [7, 11) is 3.71. The summed E-state index contributed by atoms with van der Waals surface area (Å²) >= 11 is 0. The Kier molecular flexibility index (Phi) is 6.35. The molecule has 1 saturated carbocycles. The second kappa shape index (κ2) is 8.48. The number of nitrogens with zero attached hydrogens (tertiary/aromatic N) is 2. The van der Waals surface area contributed by atoms with Crippen molar-refractivity contribution in [1.29, 1.82) is 0 Å². The normalized spacial score (nSPS) is 23.6. The van der Waals surface area contributed by atoms with Crippen LogP contribution in [0.3, 0.4) is 0 Å². The predicted octanol–water partition coefficient (Wildman–Crippen LogP) is 0.989. The maximum atomic E-state index is 9.55. The zero-order valence-corrected chi connectivity index (χ0v) is 14.3. The number of anilines is 1. The van der Waals surface area contributed by atoms with Crippen molar-refractivity contribution < 1.29 is 24.5 Å². The summed E-state index contributed by atoms with van der Waals surface area (Å²) in [5, 5.41) is 18.9. The van der Waals surface area contributed by atoms with E-state index in [1.54, 1.807) is 13.3 Å². The van der Waals surface area contributed by atoms with Crippen molar-refractivity contribution in [2.45, 2.75) is 24.9 Å². The van der Waals surface area contributed by atoms with Crippen LogP contribution in [-0.2, 0) is 9.59 Å². The maximum absolute atomic E-state index is 9.55. The van der Waals surface area contributed by atoms with Gasteiger partial charge in [-0.3, -0.25) is 4.98 Å². The van der Waals surface area contributed by atoms with Crippen LogP contribution in [-0.4, -0.2) is 59.9 Å². The van der Waals surface area contributed by atoms with Gasteiger partial charge in [-0.25, -0.2) is 9.59 Å². The number of rotatable bonds is 6. The highest BCUT2D eigenvalue weighted by Gasteiger charge is 2.51. The Hall–Kier alpha value is -2.61. The van der Waals surface area contributed by atoms with Crippen molar-refractivity contribution in [2.75, 3.05) is 25.6 Å². The van der Waals surface area contributed by atoms with Crippen molar-refractivity contribution >= 4 is 17.6 Å². The summed E-state index contributed by atoms with van der Waals surface area (Å²) in [4.78, 5) is 25.9. The SMILES string of the molecule is CNCC1CC2CC2N1c1cncc(OC)c1.O=C(O)C=CC(=O)O. The van der Waals surface area contributed by atoms with E-state index in [0.717, 1.165) is 24.3 Å². The second-order valence-electron chi connectivity index (χ2n) is 6.01. The van der Waals surface area contributed by atoms with Crippen LogP contribution in [0.15, 0.2) is 30.6 Å². The number of hydrogen-bond donors (Lipinski definition) is 3. The lowest BCUT2D eigenvalue weighted by Gasteiger charge is -2.29. The van der Waals surface area contributed by atoms with Gasteiger partial charge in [0.15, 0.2) is 0 Å². The average Bonchev–Trinajstić information content (AvgIpc) is 3.25. The number of aromatic nitrogens is 1. The zero-order valence-electron chi connectivity index (χ0n) is 14.3. The summed E-state index contributed by atoms with van der Waals surface area (Å²) in [6.45, 7) is 1.05. The molecule has 2 fully saturated rings. The van der Waals surface area contributed by atoms with Gasteiger partial charge < -0.3 is 25.2 Å². The number of methoxy groups -OCH3 is 1. The van der Waals surface area contributed by atoms with Gasteiger partial charge in [-0.15, -0.1) is 0 Å². The number of carbonyl (C=O) groups is 2. The number of aliphatic carboxylic acids is 2. The molecule has 0 amide bonds. The third-order valence-electron chi connectivity index (χ3n) is 4.25. The molecule has 2 heterocycles. The highest BCUT2D eigenvalue weighted by Crippen LogP contribution is 2.49. The topological polar surface area (TPSA) is 112 Å². The summed E-state index contributed by atoms with van der Waals surface area (Å²) in [6, 6.07) is 3.44. The highest BCUT2D eigenvalue weighted by atomic mass is 16.5. The molecule has 25 heavy (non-hydrogen) atoms. The molecule has 1 aromatic heterocycles. The van der Waals surface area contributed by atoms with Gasteiger partial charge >= 0.3 is 11.9 Å². The summed E-state index contributed by atoms with van der Waals surface area (Å²) in [6.07, 6.45) is 7.48. The van der Waals surface area contributed by atoms with Crippen molar-refractivity contribution in [1.82, 2.24) is 10.3 Å². The van der Waals surface area contributed by atoms with E-state index in [2.05, 4.69) is 21.3 Å². The molecule has 136 valence electrons. The number of likely N-dealkylation sites (N-methyl/N-ethyl adjacent to an activating group) is 1. The highest BCUT2D eigenvalue weighted by molar-refractivity contribution is 5.89. The number of carboxylic acid groups (broad SMARTS) is 2. The zero-order chi connectivity index (χ0) is 18.4. The predicted molar refractivity (Wildman–Crippen MR) is 91.9 cm³/mol. The first-order valence-corrected chi connectivity index (χ1v) is 8.02. The van der Waals surface area contributed by atoms with Crippen molar-refractivity contribution in [2.24, 2.45) is 5.92 Å². The molecular formula is C17H23N3O5. The van der Waals surface area contributed by atoms with Gasteiger partial charge in [0.1, 0.15) is 5.75 Å². The molecule has 0 bridgehead atoms. The Morgan fingerprint density at radius 1 is 1.32 bits per heavy atom. The van der Waals surface area contributed by atoms with Crippen molar-refractivity contribution in [3.63, 3.8) is 0 Å². The van der Waals surface area contributed by atoms with Crippen LogP contribution < -0.4 is 15.0 Å². The number of carboxylic acids is 2. The van der Waals surface area contributed by atoms with Gasteiger partial charge in [0.2, 0.25) is 0 Å².